The van der Waals surface area contributed by atoms with E-state index < -0.39 is 0 Å². The third-order valence-electron chi connectivity index (χ3n) is 3.38. The Morgan fingerprint density at radius 2 is 1.67 bits per heavy atom. The number of hydrogen-bond acceptors (Lipinski definition) is 2. The number of hydrogen-bond donors (Lipinski definition) is 3. The smallest absolute Gasteiger partial charge is 0.191 e. The van der Waals surface area contributed by atoms with Gasteiger partial charge in [0.25, 0.3) is 0 Å². The highest BCUT2D eigenvalue weighted by Gasteiger charge is 2.21. The highest BCUT2D eigenvalue weighted by atomic mass is 127. The van der Waals surface area contributed by atoms with Crippen LogP contribution < -0.4 is 16.0 Å². The first-order valence-electron chi connectivity index (χ1n) is 8.52. The largest absolute Gasteiger partial charge is 0.357 e. The molecule has 3 N–H and O–H groups in total. The van der Waals surface area contributed by atoms with Gasteiger partial charge in [0.15, 0.2) is 5.96 Å². The fourth-order valence-electron chi connectivity index (χ4n) is 2.40. The van der Waals surface area contributed by atoms with Crippen LogP contribution >= 0.6 is 24.0 Å². The fraction of sp³-hybridized carbons (Fsp3) is 0.632. The van der Waals surface area contributed by atoms with Gasteiger partial charge in [-0.2, -0.15) is 0 Å². The second-order valence-electron chi connectivity index (χ2n) is 7.73. The first-order valence-corrected chi connectivity index (χ1v) is 8.52. The summed E-state index contributed by atoms with van der Waals surface area (Å²) in [6.45, 7) is 16.6. The Kier molecular flexibility index (Phi) is 9.88. The zero-order valence-corrected chi connectivity index (χ0v) is 18.6. The van der Waals surface area contributed by atoms with E-state index in [1.54, 1.807) is 0 Å². The van der Waals surface area contributed by atoms with Crippen LogP contribution in [0.15, 0.2) is 35.3 Å². The first kappa shape index (κ1) is 23.2. The Morgan fingerprint density at radius 3 is 2.17 bits per heavy atom. The van der Waals surface area contributed by atoms with Gasteiger partial charge < -0.3 is 16.0 Å². The topological polar surface area (TPSA) is 48.5 Å². The summed E-state index contributed by atoms with van der Waals surface area (Å²) in [5.41, 5.74) is 1.20. The van der Waals surface area contributed by atoms with Gasteiger partial charge in [-0.05, 0) is 54.0 Å². The van der Waals surface area contributed by atoms with Crippen LogP contribution in [0.1, 0.15) is 60.1 Å². The summed E-state index contributed by atoms with van der Waals surface area (Å²) in [5.74, 6) is 0.863. The van der Waals surface area contributed by atoms with Gasteiger partial charge in [-0.25, -0.2) is 0 Å². The molecule has 0 aliphatic carbocycles. The van der Waals surface area contributed by atoms with Crippen LogP contribution in [-0.4, -0.2) is 30.1 Å². The maximum atomic E-state index is 4.75. The predicted molar refractivity (Wildman–Crippen MR) is 116 cm³/mol. The molecule has 0 saturated carbocycles. The Hall–Kier alpha value is -0.820. The quantitative estimate of drug-likeness (QED) is 0.351. The van der Waals surface area contributed by atoms with Crippen molar-refractivity contribution in [2.75, 3.05) is 13.1 Å². The van der Waals surface area contributed by atoms with Crippen molar-refractivity contribution in [2.24, 2.45) is 4.99 Å². The SMILES string of the molecule is CCNC(=NCC(C)(C)NC(C)c1ccccc1)NC(C)(C)C.I. The molecule has 138 valence electrons. The second kappa shape index (κ2) is 10.2. The Morgan fingerprint density at radius 1 is 1.08 bits per heavy atom. The van der Waals surface area contributed by atoms with E-state index in [0.29, 0.717) is 12.6 Å². The zero-order valence-electron chi connectivity index (χ0n) is 16.2. The van der Waals surface area contributed by atoms with Crippen molar-refractivity contribution in [1.29, 1.82) is 0 Å². The highest BCUT2D eigenvalue weighted by Crippen LogP contribution is 2.16. The standard InChI is InChI=1S/C19H34N4.HI/c1-8-20-17(23-18(3,4)5)21-14-19(6,7)22-15(2)16-12-10-9-11-13-16;/h9-13,15,22H,8,14H2,1-7H3,(H2,20,21,23);1H. The number of guanidine groups is 1. The van der Waals surface area contributed by atoms with Gasteiger partial charge in [-0.3, -0.25) is 4.99 Å². The summed E-state index contributed by atoms with van der Waals surface area (Å²) in [5, 5.41) is 10.4. The van der Waals surface area contributed by atoms with E-state index in [1.165, 1.54) is 5.56 Å². The van der Waals surface area contributed by atoms with Crippen molar-refractivity contribution in [2.45, 2.75) is 65.6 Å². The van der Waals surface area contributed by atoms with Crippen LogP contribution in [0.5, 0.6) is 0 Å². The summed E-state index contributed by atoms with van der Waals surface area (Å²) >= 11 is 0. The predicted octanol–water partition coefficient (Wildman–Crippen LogP) is 4.09. The first-order chi connectivity index (χ1) is 10.6. The minimum Gasteiger partial charge on any atom is -0.357 e. The van der Waals surface area contributed by atoms with Crippen LogP contribution in [0, 0.1) is 0 Å². The van der Waals surface area contributed by atoms with Gasteiger partial charge >= 0.3 is 0 Å². The molecule has 1 aromatic rings. The van der Waals surface area contributed by atoms with Gasteiger partial charge in [0.2, 0.25) is 0 Å². The van der Waals surface area contributed by atoms with Crippen LogP contribution in [-0.2, 0) is 0 Å². The molecule has 1 rings (SSSR count). The van der Waals surface area contributed by atoms with Crippen molar-refractivity contribution in [3.05, 3.63) is 35.9 Å². The molecule has 0 spiro atoms. The van der Waals surface area contributed by atoms with Crippen molar-refractivity contribution in [3.8, 4) is 0 Å². The molecular formula is C19H35IN4. The molecule has 5 heteroatoms. The zero-order chi connectivity index (χ0) is 17.5. The molecule has 0 aromatic heterocycles. The molecular weight excluding hydrogens is 411 g/mol. The summed E-state index contributed by atoms with van der Waals surface area (Å²) in [6.07, 6.45) is 0. The Balaban J connectivity index is 0.00000529. The van der Waals surface area contributed by atoms with Gasteiger partial charge in [0.1, 0.15) is 0 Å². The number of nitrogens with zero attached hydrogens (tertiary/aromatic N) is 1. The number of rotatable bonds is 6. The number of aliphatic imine (C=N–C) groups is 1. The van der Waals surface area contributed by atoms with E-state index in [-0.39, 0.29) is 35.1 Å². The number of halogens is 1. The molecule has 0 aliphatic rings. The van der Waals surface area contributed by atoms with E-state index in [1.807, 2.05) is 6.07 Å². The van der Waals surface area contributed by atoms with Crippen LogP contribution in [0.25, 0.3) is 0 Å². The lowest BCUT2D eigenvalue weighted by atomic mass is 10.0. The lowest BCUT2D eigenvalue weighted by Gasteiger charge is -2.30. The lowest BCUT2D eigenvalue weighted by Crippen LogP contribution is -2.49. The molecule has 1 atom stereocenters. The molecule has 0 saturated heterocycles. The summed E-state index contributed by atoms with van der Waals surface area (Å²) in [6, 6.07) is 10.8. The average molecular weight is 446 g/mol. The van der Waals surface area contributed by atoms with E-state index in [0.717, 1.165) is 12.5 Å². The third kappa shape index (κ3) is 9.47. The van der Waals surface area contributed by atoms with Crippen LogP contribution in [0.2, 0.25) is 0 Å². The highest BCUT2D eigenvalue weighted by molar-refractivity contribution is 14.0. The van der Waals surface area contributed by atoms with Crippen molar-refractivity contribution in [3.63, 3.8) is 0 Å². The van der Waals surface area contributed by atoms with Crippen molar-refractivity contribution in [1.82, 2.24) is 16.0 Å². The molecule has 1 aromatic carbocycles. The molecule has 0 fully saturated rings. The average Bonchev–Trinajstić information content (AvgIpc) is 2.44. The molecule has 4 nitrogen and oxygen atoms in total. The number of benzene rings is 1. The molecule has 0 bridgehead atoms. The molecule has 0 radical (unpaired) electrons. The van der Waals surface area contributed by atoms with Crippen molar-refractivity contribution < 1.29 is 0 Å². The molecule has 0 amide bonds. The molecule has 1 unspecified atom stereocenters. The van der Waals surface area contributed by atoms with Gasteiger partial charge in [0, 0.05) is 23.7 Å². The van der Waals surface area contributed by atoms with E-state index in [4.69, 9.17) is 4.99 Å². The second-order valence-corrected chi connectivity index (χ2v) is 7.73. The summed E-state index contributed by atoms with van der Waals surface area (Å²) < 4.78 is 0. The number of nitrogens with one attached hydrogen (secondary N) is 3. The van der Waals surface area contributed by atoms with E-state index >= 15 is 0 Å². The molecule has 0 aliphatic heterocycles. The maximum absolute atomic E-state index is 4.75. The van der Waals surface area contributed by atoms with E-state index in [9.17, 15) is 0 Å². The summed E-state index contributed by atoms with van der Waals surface area (Å²) in [7, 11) is 0. The van der Waals surface area contributed by atoms with Crippen molar-refractivity contribution >= 4 is 29.9 Å². The monoisotopic (exact) mass is 446 g/mol. The Bertz CT molecular complexity index is 492. The lowest BCUT2D eigenvalue weighted by molar-refractivity contribution is 0.356. The van der Waals surface area contributed by atoms with Gasteiger partial charge in [-0.1, -0.05) is 30.3 Å². The van der Waals surface area contributed by atoms with Crippen LogP contribution in [0.3, 0.4) is 0 Å². The molecule has 24 heavy (non-hydrogen) atoms. The van der Waals surface area contributed by atoms with Crippen LogP contribution in [0.4, 0.5) is 0 Å². The third-order valence-corrected chi connectivity index (χ3v) is 3.38. The minimum atomic E-state index is -0.0878. The van der Waals surface area contributed by atoms with Gasteiger partial charge in [-0.15, -0.1) is 24.0 Å². The minimum absolute atomic E-state index is 0. The normalized spacial score (nSPS) is 13.9. The van der Waals surface area contributed by atoms with Gasteiger partial charge in [0.05, 0.1) is 6.54 Å². The van der Waals surface area contributed by atoms with E-state index in [2.05, 4.69) is 88.7 Å². The maximum Gasteiger partial charge on any atom is 0.191 e. The molecule has 0 heterocycles. The Labute approximate surface area is 165 Å². The fourth-order valence-corrected chi connectivity index (χ4v) is 2.40. The summed E-state index contributed by atoms with van der Waals surface area (Å²) in [4.78, 5) is 4.75.